The molecule has 0 unspecified atom stereocenters. The zero-order valence-corrected chi connectivity index (χ0v) is 12.0. The molecule has 1 atom stereocenters. The maximum atomic E-state index is 13.4. The summed E-state index contributed by atoms with van der Waals surface area (Å²) in [6.45, 7) is 4.80. The number of rotatable bonds is 5. The van der Waals surface area contributed by atoms with Crippen LogP contribution in [0.2, 0.25) is 0 Å². The molecule has 1 N–H and O–H groups in total. The van der Waals surface area contributed by atoms with E-state index in [1.165, 1.54) is 25.1 Å². The Labute approximate surface area is 112 Å². The van der Waals surface area contributed by atoms with Gasteiger partial charge in [0.2, 0.25) is 5.91 Å². The van der Waals surface area contributed by atoms with Gasteiger partial charge < -0.3 is 5.32 Å². The fourth-order valence-electron chi connectivity index (χ4n) is 1.52. The second-order valence-electron chi connectivity index (χ2n) is 4.70. The Morgan fingerprint density at radius 3 is 2.37 bits per heavy atom. The summed E-state index contributed by atoms with van der Waals surface area (Å²) < 4.78 is 37.5. The summed E-state index contributed by atoms with van der Waals surface area (Å²) in [7, 11) is -3.73. The summed E-state index contributed by atoms with van der Waals surface area (Å²) in [5.74, 6) is -1.62. The molecule has 0 saturated heterocycles. The smallest absolute Gasteiger partial charge is 0.238 e. The van der Waals surface area contributed by atoms with Crippen LogP contribution in [0, 0.1) is 5.82 Å². The number of carbonyl (C=O) groups is 1. The lowest BCUT2D eigenvalue weighted by Crippen LogP contribution is -2.41. The zero-order chi connectivity index (χ0) is 14.6. The summed E-state index contributed by atoms with van der Waals surface area (Å²) in [5.41, 5.74) is 0.0756. The molecular formula is C13H18FNO3S. The van der Waals surface area contributed by atoms with Gasteiger partial charge >= 0.3 is 0 Å². The van der Waals surface area contributed by atoms with Crippen molar-refractivity contribution < 1.29 is 17.6 Å². The van der Waals surface area contributed by atoms with E-state index in [2.05, 4.69) is 5.32 Å². The van der Waals surface area contributed by atoms with Gasteiger partial charge in [-0.2, -0.15) is 0 Å². The first kappa shape index (κ1) is 15.6. The molecule has 0 fully saturated rings. The first-order valence-corrected chi connectivity index (χ1v) is 7.71. The molecule has 0 aliphatic rings. The van der Waals surface area contributed by atoms with Crippen molar-refractivity contribution in [2.24, 2.45) is 0 Å². The summed E-state index contributed by atoms with van der Waals surface area (Å²) in [4.78, 5) is 11.7. The number of halogens is 1. The maximum Gasteiger partial charge on any atom is 0.238 e. The van der Waals surface area contributed by atoms with E-state index in [1.54, 1.807) is 19.9 Å². The van der Waals surface area contributed by atoms with Gasteiger partial charge in [0, 0.05) is 11.6 Å². The number of nitrogens with one attached hydrogen (secondary N) is 1. The van der Waals surface area contributed by atoms with Gasteiger partial charge in [0.1, 0.15) is 11.1 Å². The van der Waals surface area contributed by atoms with Crippen LogP contribution in [-0.4, -0.2) is 25.6 Å². The Kier molecular flexibility index (Phi) is 5.05. The van der Waals surface area contributed by atoms with E-state index in [-0.39, 0.29) is 11.6 Å². The van der Waals surface area contributed by atoms with Crippen LogP contribution in [0.5, 0.6) is 0 Å². The van der Waals surface area contributed by atoms with E-state index in [1.807, 2.05) is 0 Å². The Morgan fingerprint density at radius 2 is 1.84 bits per heavy atom. The molecule has 0 spiro atoms. The summed E-state index contributed by atoms with van der Waals surface area (Å²) in [5, 5.41) is 1.34. The maximum absolute atomic E-state index is 13.4. The predicted molar refractivity (Wildman–Crippen MR) is 71.8 cm³/mol. The molecular weight excluding hydrogens is 269 g/mol. The minimum atomic E-state index is -3.73. The van der Waals surface area contributed by atoms with Crippen molar-refractivity contribution in [3.8, 4) is 0 Å². The van der Waals surface area contributed by atoms with Crippen molar-refractivity contribution in [2.45, 2.75) is 37.8 Å². The van der Waals surface area contributed by atoms with E-state index >= 15 is 0 Å². The van der Waals surface area contributed by atoms with Crippen molar-refractivity contribution in [3.05, 3.63) is 35.6 Å². The third kappa shape index (κ3) is 4.31. The predicted octanol–water partition coefficient (Wildman–Crippen LogP) is 1.65. The second kappa shape index (κ2) is 6.14. The van der Waals surface area contributed by atoms with Gasteiger partial charge in [-0.05, 0) is 26.8 Å². The van der Waals surface area contributed by atoms with Crippen LogP contribution in [0.25, 0.3) is 0 Å². The Hall–Kier alpha value is -1.43. The molecule has 0 aromatic heterocycles. The monoisotopic (exact) mass is 287 g/mol. The molecule has 1 rings (SSSR count). The lowest BCUT2D eigenvalue weighted by molar-refractivity contribution is -0.120. The molecule has 0 saturated carbocycles. The van der Waals surface area contributed by atoms with Crippen LogP contribution in [0.4, 0.5) is 4.39 Å². The van der Waals surface area contributed by atoms with E-state index < -0.39 is 32.6 Å². The van der Waals surface area contributed by atoms with E-state index in [4.69, 9.17) is 0 Å². The molecule has 6 heteroatoms. The van der Waals surface area contributed by atoms with Gasteiger partial charge in [-0.15, -0.1) is 0 Å². The lowest BCUT2D eigenvalue weighted by atomic mass is 10.2. The molecule has 0 radical (unpaired) electrons. The normalized spacial score (nSPS) is 13.3. The average molecular weight is 287 g/mol. The summed E-state index contributed by atoms with van der Waals surface area (Å²) in [6, 6.07) is 5.51. The highest BCUT2D eigenvalue weighted by Gasteiger charge is 2.29. The average Bonchev–Trinajstić information content (AvgIpc) is 2.30. The molecule has 0 heterocycles. The van der Waals surface area contributed by atoms with Crippen LogP contribution < -0.4 is 5.32 Å². The van der Waals surface area contributed by atoms with Crippen LogP contribution in [0.3, 0.4) is 0 Å². The Morgan fingerprint density at radius 1 is 1.26 bits per heavy atom. The molecule has 106 valence electrons. The third-order valence-electron chi connectivity index (χ3n) is 2.65. The van der Waals surface area contributed by atoms with Crippen LogP contribution in [0.15, 0.2) is 24.3 Å². The minimum absolute atomic E-state index is 0.0756. The summed E-state index contributed by atoms with van der Waals surface area (Å²) >= 11 is 0. The number of hydrogen-bond donors (Lipinski definition) is 1. The van der Waals surface area contributed by atoms with Crippen LogP contribution >= 0.6 is 0 Å². The van der Waals surface area contributed by atoms with Crippen molar-refractivity contribution in [1.82, 2.24) is 5.32 Å². The largest absolute Gasteiger partial charge is 0.353 e. The number of hydrogen-bond acceptors (Lipinski definition) is 3. The fourth-order valence-corrected chi connectivity index (χ4v) is 2.83. The van der Waals surface area contributed by atoms with Crippen molar-refractivity contribution in [3.63, 3.8) is 0 Å². The first-order chi connectivity index (χ1) is 8.74. The standard InChI is InChI=1S/C13H18FNO3S/c1-9(2)15-13(16)10(3)19(17,18)8-11-6-4-5-7-12(11)14/h4-7,9-10H,8H2,1-3H3,(H,15,16)/t10-/m0/s1. The van der Waals surface area contributed by atoms with Gasteiger partial charge in [0.05, 0.1) is 5.75 Å². The Bertz CT molecular complexity index is 555. The highest BCUT2D eigenvalue weighted by atomic mass is 32.2. The molecule has 0 aliphatic carbocycles. The van der Waals surface area contributed by atoms with Crippen molar-refractivity contribution in [1.29, 1.82) is 0 Å². The highest BCUT2D eigenvalue weighted by molar-refractivity contribution is 7.92. The lowest BCUT2D eigenvalue weighted by Gasteiger charge is -2.15. The molecule has 4 nitrogen and oxygen atoms in total. The van der Waals surface area contributed by atoms with Gasteiger partial charge in [0.15, 0.2) is 9.84 Å². The third-order valence-corrected chi connectivity index (χ3v) is 4.66. The van der Waals surface area contributed by atoms with Gasteiger partial charge in [0.25, 0.3) is 0 Å². The summed E-state index contributed by atoms with van der Waals surface area (Å²) in [6.07, 6.45) is 0. The van der Waals surface area contributed by atoms with Crippen molar-refractivity contribution >= 4 is 15.7 Å². The molecule has 0 aliphatic heterocycles. The van der Waals surface area contributed by atoms with Crippen LogP contribution in [0.1, 0.15) is 26.3 Å². The van der Waals surface area contributed by atoms with E-state index in [0.717, 1.165) is 0 Å². The van der Waals surface area contributed by atoms with Crippen LogP contribution in [-0.2, 0) is 20.4 Å². The first-order valence-electron chi connectivity index (χ1n) is 5.99. The second-order valence-corrected chi connectivity index (χ2v) is 7.03. The number of carbonyl (C=O) groups excluding carboxylic acids is 1. The molecule has 0 bridgehead atoms. The number of benzene rings is 1. The van der Waals surface area contributed by atoms with E-state index in [9.17, 15) is 17.6 Å². The molecule has 1 aromatic rings. The molecule has 1 amide bonds. The molecule has 19 heavy (non-hydrogen) atoms. The van der Waals surface area contributed by atoms with Crippen molar-refractivity contribution in [2.75, 3.05) is 0 Å². The molecule has 1 aromatic carbocycles. The fraction of sp³-hybridized carbons (Fsp3) is 0.462. The SMILES string of the molecule is CC(C)NC(=O)[C@H](C)S(=O)(=O)Cc1ccccc1F. The van der Waals surface area contributed by atoms with E-state index in [0.29, 0.717) is 0 Å². The zero-order valence-electron chi connectivity index (χ0n) is 11.2. The number of sulfone groups is 1. The topological polar surface area (TPSA) is 63.2 Å². The highest BCUT2D eigenvalue weighted by Crippen LogP contribution is 2.14. The quantitative estimate of drug-likeness (QED) is 0.895. The van der Waals surface area contributed by atoms with Gasteiger partial charge in [-0.1, -0.05) is 18.2 Å². The minimum Gasteiger partial charge on any atom is -0.353 e. The van der Waals surface area contributed by atoms with Gasteiger partial charge in [-0.3, -0.25) is 4.79 Å². The number of amides is 1. The Balaban J connectivity index is 2.87. The van der Waals surface area contributed by atoms with Gasteiger partial charge in [-0.25, -0.2) is 12.8 Å².